The third-order valence-electron chi connectivity index (χ3n) is 9.33. The maximum Gasteiger partial charge on any atom is 0.322 e. The van der Waals surface area contributed by atoms with Gasteiger partial charge in [0.25, 0.3) is 0 Å². The topological polar surface area (TPSA) is 127 Å². The first-order valence-electron chi connectivity index (χ1n) is 16.0. The number of terminal acetylenes is 1. The highest BCUT2D eigenvalue weighted by Crippen LogP contribution is 2.27. The second kappa shape index (κ2) is 14.2. The quantitative estimate of drug-likeness (QED) is 0.274. The third-order valence-corrected chi connectivity index (χ3v) is 9.65. The van der Waals surface area contributed by atoms with Crippen molar-refractivity contribution in [1.29, 1.82) is 0 Å². The number of pyridine rings is 1. The zero-order chi connectivity index (χ0) is 32.9. The van der Waals surface area contributed by atoms with Gasteiger partial charge >= 0.3 is 12.1 Å². The summed E-state index contributed by atoms with van der Waals surface area (Å²) in [7, 11) is 0. The molecule has 12 heteroatoms. The average Bonchev–Trinajstić information content (AvgIpc) is 3.27. The van der Waals surface area contributed by atoms with E-state index in [0.717, 1.165) is 23.4 Å². The summed E-state index contributed by atoms with van der Waals surface area (Å²) in [6.07, 6.45) is 11.4. The number of hydrogen-bond acceptors (Lipinski definition) is 6. The van der Waals surface area contributed by atoms with Crippen molar-refractivity contribution in [2.24, 2.45) is 0 Å². The van der Waals surface area contributed by atoms with Crippen molar-refractivity contribution >= 4 is 46.6 Å². The lowest BCUT2D eigenvalue weighted by atomic mass is 10.0. The molecule has 2 saturated heterocycles. The van der Waals surface area contributed by atoms with Crippen molar-refractivity contribution in [2.75, 3.05) is 61.8 Å². The second-order valence-corrected chi connectivity index (χ2v) is 12.6. The Bertz CT molecular complexity index is 1660. The molecule has 4 N–H and O–H groups in total. The summed E-state index contributed by atoms with van der Waals surface area (Å²) in [5, 5.41) is 6.37. The molecule has 1 atom stereocenters. The van der Waals surface area contributed by atoms with Gasteiger partial charge in [0.2, 0.25) is 5.91 Å². The summed E-state index contributed by atoms with van der Waals surface area (Å²) >= 11 is 6.38. The summed E-state index contributed by atoms with van der Waals surface area (Å²) in [6.45, 7) is 3.90. The molecular formula is C35H39ClN8O3. The van der Waals surface area contributed by atoms with E-state index >= 15 is 0 Å². The van der Waals surface area contributed by atoms with Crippen molar-refractivity contribution < 1.29 is 14.4 Å². The van der Waals surface area contributed by atoms with Gasteiger partial charge in [-0.05, 0) is 60.7 Å². The molecule has 0 unspecified atom stereocenters. The maximum absolute atomic E-state index is 14.0. The van der Waals surface area contributed by atoms with Crippen molar-refractivity contribution in [1.82, 2.24) is 25.0 Å². The number of rotatable bonds is 6. The molecule has 244 valence electrons. The first-order valence-corrected chi connectivity index (χ1v) is 16.4. The zero-order valence-electron chi connectivity index (χ0n) is 26.2. The number of fused-ring (bicyclic) bond motifs is 1. The Kier molecular flexibility index (Phi) is 9.68. The highest BCUT2D eigenvalue weighted by Gasteiger charge is 2.34. The Morgan fingerprint density at radius 3 is 2.47 bits per heavy atom. The number of para-hydroxylation sites is 1. The predicted octanol–water partition coefficient (Wildman–Crippen LogP) is 3.82. The molecule has 6 rings (SSSR count). The van der Waals surface area contributed by atoms with E-state index < -0.39 is 6.04 Å². The van der Waals surface area contributed by atoms with E-state index in [-0.39, 0.29) is 30.4 Å². The van der Waals surface area contributed by atoms with E-state index in [2.05, 4.69) is 26.4 Å². The highest BCUT2D eigenvalue weighted by molar-refractivity contribution is 6.33. The molecular weight excluding hydrogens is 616 g/mol. The number of halogens is 1. The molecule has 0 saturated carbocycles. The number of urea groups is 2. The Hall–Kier alpha value is -4.95. The summed E-state index contributed by atoms with van der Waals surface area (Å²) in [6, 6.07) is 14.0. The minimum absolute atomic E-state index is 0.0154. The fraction of sp³-hybridized carbons (Fsp3) is 0.371. The van der Waals surface area contributed by atoms with E-state index in [4.69, 9.17) is 23.8 Å². The van der Waals surface area contributed by atoms with Crippen molar-refractivity contribution in [3.8, 4) is 12.3 Å². The predicted molar refractivity (Wildman–Crippen MR) is 183 cm³/mol. The normalized spacial score (nSPS) is 17.7. The summed E-state index contributed by atoms with van der Waals surface area (Å²) in [5.74, 6) is 2.39. The van der Waals surface area contributed by atoms with Gasteiger partial charge in [0.05, 0.1) is 10.7 Å². The van der Waals surface area contributed by atoms with Crippen LogP contribution in [0.5, 0.6) is 0 Å². The van der Waals surface area contributed by atoms with Gasteiger partial charge in [-0.2, -0.15) is 0 Å². The van der Waals surface area contributed by atoms with Gasteiger partial charge in [-0.15, -0.1) is 6.42 Å². The number of nitrogens with zero attached hydrogens (tertiary/aromatic N) is 5. The number of piperidine rings is 1. The number of nitrogen functional groups attached to an aromatic ring is 1. The number of carbonyl (C=O) groups is 3. The Morgan fingerprint density at radius 1 is 1.02 bits per heavy atom. The number of aromatic nitrogens is 1. The SMILES string of the molecule is C#Cc1cc(C[C@@H](NC(=O)N2CCC(N3CCc4ccccc4NC3=O)CC2)C(=O)N2CCN(c3ccncc3)CC2)cc(Cl)c1N. The molecule has 3 aromatic rings. The zero-order valence-corrected chi connectivity index (χ0v) is 27.0. The first-order chi connectivity index (χ1) is 22.8. The number of hydrogen-bond donors (Lipinski definition) is 3. The number of amides is 5. The maximum atomic E-state index is 14.0. The molecule has 0 spiro atoms. The Labute approximate surface area is 280 Å². The van der Waals surface area contributed by atoms with E-state index in [1.54, 1.807) is 34.3 Å². The van der Waals surface area contributed by atoms with E-state index in [1.165, 1.54) is 0 Å². The molecule has 1 aromatic heterocycles. The summed E-state index contributed by atoms with van der Waals surface area (Å²) in [5.41, 5.74) is 10.5. The van der Waals surface area contributed by atoms with Crippen molar-refractivity contribution in [3.05, 3.63) is 82.6 Å². The molecule has 3 aliphatic heterocycles. The molecule has 47 heavy (non-hydrogen) atoms. The number of anilines is 3. The minimum atomic E-state index is -0.840. The molecule has 3 aliphatic rings. The lowest BCUT2D eigenvalue weighted by Gasteiger charge is -2.39. The van der Waals surface area contributed by atoms with Gasteiger partial charge in [-0.3, -0.25) is 9.78 Å². The molecule has 0 bridgehead atoms. The minimum Gasteiger partial charge on any atom is -0.397 e. The Balaban J connectivity index is 1.11. The number of carbonyl (C=O) groups excluding carboxylic acids is 3. The van der Waals surface area contributed by atoms with Crippen molar-refractivity contribution in [3.63, 3.8) is 0 Å². The van der Waals surface area contributed by atoms with Crippen molar-refractivity contribution in [2.45, 2.75) is 37.8 Å². The molecule has 4 heterocycles. The lowest BCUT2D eigenvalue weighted by molar-refractivity contribution is -0.133. The van der Waals surface area contributed by atoms with Crippen LogP contribution in [0, 0.1) is 12.3 Å². The van der Waals surface area contributed by atoms with E-state index in [9.17, 15) is 14.4 Å². The van der Waals surface area contributed by atoms with Crippen LogP contribution in [0.25, 0.3) is 0 Å². The van der Waals surface area contributed by atoms with Gasteiger partial charge in [0, 0.05) is 87.6 Å². The molecule has 0 aliphatic carbocycles. The van der Waals surface area contributed by atoms with E-state index in [0.29, 0.717) is 80.5 Å². The monoisotopic (exact) mass is 654 g/mol. The molecule has 2 aromatic carbocycles. The van der Waals surface area contributed by atoms with Gasteiger partial charge < -0.3 is 36.0 Å². The molecule has 2 fully saturated rings. The van der Waals surface area contributed by atoms with Gasteiger partial charge in [0.15, 0.2) is 0 Å². The molecule has 5 amide bonds. The Morgan fingerprint density at radius 2 is 1.74 bits per heavy atom. The fourth-order valence-corrected chi connectivity index (χ4v) is 6.91. The van der Waals surface area contributed by atoms with Crippen LogP contribution in [-0.2, 0) is 17.6 Å². The van der Waals surface area contributed by atoms with Crippen LogP contribution in [0.15, 0.2) is 60.9 Å². The van der Waals surface area contributed by atoms with Crippen LogP contribution < -0.4 is 21.3 Å². The number of benzene rings is 2. The number of nitrogens with two attached hydrogens (primary N) is 1. The largest absolute Gasteiger partial charge is 0.397 e. The lowest BCUT2D eigenvalue weighted by Crippen LogP contribution is -2.58. The first kappa shape index (κ1) is 32.0. The smallest absolute Gasteiger partial charge is 0.322 e. The van der Waals surface area contributed by atoms with E-state index in [1.807, 2.05) is 41.3 Å². The molecule has 11 nitrogen and oxygen atoms in total. The third kappa shape index (κ3) is 7.23. The number of nitrogens with one attached hydrogen (secondary N) is 2. The van der Waals surface area contributed by atoms with Gasteiger partial charge in [-0.25, -0.2) is 9.59 Å². The highest BCUT2D eigenvalue weighted by atomic mass is 35.5. The second-order valence-electron chi connectivity index (χ2n) is 12.2. The fourth-order valence-electron chi connectivity index (χ4n) is 6.67. The van der Waals surface area contributed by atoms with Gasteiger partial charge in [0.1, 0.15) is 6.04 Å². The van der Waals surface area contributed by atoms with Crippen LogP contribution >= 0.6 is 11.6 Å². The standard InChI is InChI=1S/C35H39ClN8O3/c1-2-25-21-24(22-29(36)32(25)37)23-31(33(45)42-19-17-41(18-20-42)27-7-12-38-13-8-27)40-34(46)43-14-10-28(11-15-43)44-16-9-26-5-3-4-6-30(26)39-35(44)47/h1,3-8,12-13,21-22,28,31H,9-11,14-20,23,37H2,(H,39,47)(H,40,46)/t31-/m1/s1. The van der Waals surface area contributed by atoms with Gasteiger partial charge in [-0.1, -0.05) is 35.7 Å². The van der Waals surface area contributed by atoms with Crippen LogP contribution in [-0.4, -0.2) is 95.6 Å². The summed E-state index contributed by atoms with van der Waals surface area (Å²) < 4.78 is 0. The van der Waals surface area contributed by atoms with Crippen LogP contribution in [0.3, 0.4) is 0 Å². The average molecular weight is 655 g/mol. The number of likely N-dealkylation sites (tertiary alicyclic amines) is 1. The van der Waals surface area contributed by atoms with Crippen LogP contribution in [0.2, 0.25) is 5.02 Å². The van der Waals surface area contributed by atoms with Crippen LogP contribution in [0.4, 0.5) is 26.7 Å². The molecule has 0 radical (unpaired) electrons. The number of piperazine rings is 1. The summed E-state index contributed by atoms with van der Waals surface area (Å²) in [4.78, 5) is 52.5. The van der Waals surface area contributed by atoms with Crippen LogP contribution in [0.1, 0.15) is 29.5 Å².